The Kier molecular flexibility index (Phi) is 6.21. The highest BCUT2D eigenvalue weighted by molar-refractivity contribution is 5.71. The monoisotopic (exact) mass is 268 g/mol. The smallest absolute Gasteiger partial charge is 0.344 e. The van der Waals surface area contributed by atoms with Crippen LogP contribution in [0, 0.1) is 0 Å². The number of benzene rings is 1. The van der Waals surface area contributed by atoms with Gasteiger partial charge in [0.25, 0.3) is 0 Å². The molecule has 0 saturated heterocycles. The van der Waals surface area contributed by atoms with Crippen LogP contribution in [0.2, 0.25) is 0 Å². The maximum atomic E-state index is 11.1. The highest BCUT2D eigenvalue weighted by Gasteiger charge is 2.03. The second kappa shape index (κ2) is 7.97. The van der Waals surface area contributed by atoms with E-state index in [1.165, 1.54) is 0 Å². The fourth-order valence-corrected chi connectivity index (χ4v) is 1.23. The molecule has 1 aromatic carbocycles. The summed E-state index contributed by atoms with van der Waals surface area (Å²) in [4.78, 5) is 21.4. The molecule has 0 heterocycles. The van der Waals surface area contributed by atoms with Crippen molar-refractivity contribution in [3.8, 4) is 11.5 Å². The Labute approximate surface area is 110 Å². The molecule has 0 aliphatic carbocycles. The molecule has 0 spiro atoms. The van der Waals surface area contributed by atoms with Crippen LogP contribution in [0.5, 0.6) is 11.5 Å². The molecule has 0 atom stereocenters. The van der Waals surface area contributed by atoms with Crippen molar-refractivity contribution >= 4 is 11.9 Å². The van der Waals surface area contributed by atoms with Gasteiger partial charge in [-0.3, -0.25) is 4.79 Å². The normalized spacial score (nSPS) is 9.74. The Morgan fingerprint density at radius 2 is 1.68 bits per heavy atom. The molecule has 0 bridgehead atoms. The summed E-state index contributed by atoms with van der Waals surface area (Å²) in [5, 5.41) is 8.46. The van der Waals surface area contributed by atoms with Gasteiger partial charge in [-0.15, -0.1) is 0 Å². The van der Waals surface area contributed by atoms with E-state index in [0.717, 1.165) is 0 Å². The fourth-order valence-electron chi connectivity index (χ4n) is 1.23. The molecule has 1 rings (SSSR count). The van der Waals surface area contributed by atoms with Crippen LogP contribution >= 0.6 is 0 Å². The van der Waals surface area contributed by atoms with Gasteiger partial charge in [-0.05, 0) is 31.2 Å². The Hall–Kier alpha value is -2.24. The summed E-state index contributed by atoms with van der Waals surface area (Å²) in [5.74, 6) is -0.276. The molecular weight excluding hydrogens is 252 g/mol. The predicted octanol–water partition coefficient (Wildman–Crippen LogP) is 1.48. The van der Waals surface area contributed by atoms with Crippen LogP contribution in [0.25, 0.3) is 0 Å². The van der Waals surface area contributed by atoms with E-state index in [1.807, 2.05) is 0 Å². The third-order valence-electron chi connectivity index (χ3n) is 2.07. The van der Waals surface area contributed by atoms with Crippen molar-refractivity contribution in [2.75, 3.05) is 19.8 Å². The molecule has 0 radical (unpaired) electrons. The minimum Gasteiger partial charge on any atom is -0.493 e. The molecule has 1 N–H and O–H groups in total. The third-order valence-corrected chi connectivity index (χ3v) is 2.07. The van der Waals surface area contributed by atoms with E-state index >= 15 is 0 Å². The Morgan fingerprint density at radius 3 is 2.21 bits per heavy atom. The highest BCUT2D eigenvalue weighted by atomic mass is 16.6. The van der Waals surface area contributed by atoms with Crippen molar-refractivity contribution in [2.45, 2.75) is 13.3 Å². The summed E-state index contributed by atoms with van der Waals surface area (Å²) in [6.45, 7) is 2.01. The van der Waals surface area contributed by atoms with Crippen molar-refractivity contribution in [1.29, 1.82) is 0 Å². The van der Waals surface area contributed by atoms with Gasteiger partial charge in [0.05, 0.1) is 19.6 Å². The molecule has 0 amide bonds. The first-order chi connectivity index (χ1) is 9.11. The zero-order valence-corrected chi connectivity index (χ0v) is 10.6. The zero-order valence-electron chi connectivity index (χ0n) is 10.6. The molecule has 6 nitrogen and oxygen atoms in total. The third kappa shape index (κ3) is 6.30. The average Bonchev–Trinajstić information content (AvgIpc) is 2.38. The maximum Gasteiger partial charge on any atom is 0.344 e. The minimum atomic E-state index is -0.908. The first-order valence-electron chi connectivity index (χ1n) is 5.85. The zero-order chi connectivity index (χ0) is 14.1. The number of carboxylic acid groups (broad SMARTS) is 1. The second-order valence-electron chi connectivity index (χ2n) is 3.56. The van der Waals surface area contributed by atoms with Crippen molar-refractivity contribution in [3.63, 3.8) is 0 Å². The van der Waals surface area contributed by atoms with Crippen molar-refractivity contribution in [3.05, 3.63) is 24.3 Å². The number of hydrogen-bond donors (Lipinski definition) is 1. The summed E-state index contributed by atoms with van der Waals surface area (Å²) in [6, 6.07) is 6.55. The van der Waals surface area contributed by atoms with E-state index in [1.54, 1.807) is 31.2 Å². The van der Waals surface area contributed by atoms with Crippen LogP contribution < -0.4 is 9.47 Å². The molecule has 1 aromatic rings. The summed E-state index contributed by atoms with van der Waals surface area (Å²) < 4.78 is 15.1. The molecule has 19 heavy (non-hydrogen) atoms. The maximum absolute atomic E-state index is 11.1. The van der Waals surface area contributed by atoms with Crippen LogP contribution in [0.15, 0.2) is 24.3 Å². The van der Waals surface area contributed by atoms with Crippen LogP contribution in [0.1, 0.15) is 13.3 Å². The Morgan fingerprint density at radius 1 is 1.11 bits per heavy atom. The lowest BCUT2D eigenvalue weighted by Gasteiger charge is -2.07. The summed E-state index contributed by atoms with van der Waals surface area (Å²) >= 11 is 0. The van der Waals surface area contributed by atoms with Gasteiger partial charge in [0.15, 0.2) is 6.61 Å². The molecule has 104 valence electrons. The molecular formula is C13H16O6. The number of carbonyl (C=O) groups excluding carboxylic acids is 1. The van der Waals surface area contributed by atoms with Crippen molar-refractivity contribution < 1.29 is 28.9 Å². The molecule has 0 aromatic heterocycles. The number of carbonyl (C=O) groups is 2. The van der Waals surface area contributed by atoms with Crippen LogP contribution in [0.4, 0.5) is 0 Å². The van der Waals surface area contributed by atoms with E-state index in [9.17, 15) is 9.59 Å². The predicted molar refractivity (Wildman–Crippen MR) is 66.3 cm³/mol. The number of rotatable bonds is 8. The number of esters is 1. The quantitative estimate of drug-likeness (QED) is 0.719. The molecule has 0 unspecified atom stereocenters. The minimum absolute atomic E-state index is 0.0545. The van der Waals surface area contributed by atoms with Gasteiger partial charge in [0.2, 0.25) is 0 Å². The van der Waals surface area contributed by atoms with Crippen LogP contribution in [-0.4, -0.2) is 36.9 Å². The van der Waals surface area contributed by atoms with Gasteiger partial charge < -0.3 is 19.3 Å². The first-order valence-corrected chi connectivity index (χ1v) is 5.85. The second-order valence-corrected chi connectivity index (χ2v) is 3.56. The number of carboxylic acids is 1. The fraction of sp³-hybridized carbons (Fsp3) is 0.385. The molecule has 0 saturated carbocycles. The Bertz CT molecular complexity index is 412. The van der Waals surface area contributed by atoms with Gasteiger partial charge in [-0.25, -0.2) is 4.79 Å². The van der Waals surface area contributed by atoms with E-state index in [2.05, 4.69) is 0 Å². The van der Waals surface area contributed by atoms with E-state index in [-0.39, 0.29) is 19.6 Å². The largest absolute Gasteiger partial charge is 0.493 e. The van der Waals surface area contributed by atoms with E-state index in [4.69, 9.17) is 19.3 Å². The van der Waals surface area contributed by atoms with E-state index < -0.39 is 11.9 Å². The Balaban J connectivity index is 2.34. The summed E-state index contributed by atoms with van der Waals surface area (Å²) in [6.07, 6.45) is -0.0545. The molecule has 6 heteroatoms. The van der Waals surface area contributed by atoms with Gasteiger partial charge in [-0.2, -0.15) is 0 Å². The van der Waals surface area contributed by atoms with Gasteiger partial charge >= 0.3 is 11.9 Å². The number of hydrogen-bond acceptors (Lipinski definition) is 5. The van der Waals surface area contributed by atoms with Crippen molar-refractivity contribution in [2.24, 2.45) is 0 Å². The van der Waals surface area contributed by atoms with Gasteiger partial charge in [0.1, 0.15) is 11.5 Å². The number of aliphatic carboxylic acids is 1. The van der Waals surface area contributed by atoms with Crippen LogP contribution in [-0.2, 0) is 14.3 Å². The summed E-state index contributed by atoms with van der Waals surface area (Å²) in [5.41, 5.74) is 0. The summed E-state index contributed by atoms with van der Waals surface area (Å²) in [7, 11) is 0. The lowest BCUT2D eigenvalue weighted by molar-refractivity contribution is -0.145. The SMILES string of the molecule is CCOC(=O)COc1ccc(OCCC(=O)O)cc1. The standard InChI is InChI=1S/C13H16O6/c1-2-17-13(16)9-19-11-5-3-10(4-6-11)18-8-7-12(14)15/h3-6H,2,7-9H2,1H3,(H,14,15). The van der Waals surface area contributed by atoms with Crippen LogP contribution in [0.3, 0.4) is 0 Å². The topological polar surface area (TPSA) is 82.1 Å². The molecule has 0 aliphatic heterocycles. The highest BCUT2D eigenvalue weighted by Crippen LogP contribution is 2.17. The molecule has 0 aliphatic rings. The van der Waals surface area contributed by atoms with Gasteiger partial charge in [-0.1, -0.05) is 0 Å². The number of ether oxygens (including phenoxy) is 3. The average molecular weight is 268 g/mol. The molecule has 0 fully saturated rings. The van der Waals surface area contributed by atoms with Gasteiger partial charge in [0, 0.05) is 0 Å². The lowest BCUT2D eigenvalue weighted by atomic mass is 10.3. The van der Waals surface area contributed by atoms with E-state index in [0.29, 0.717) is 18.1 Å². The van der Waals surface area contributed by atoms with Crippen molar-refractivity contribution in [1.82, 2.24) is 0 Å². The first kappa shape index (κ1) is 14.8. The lowest BCUT2D eigenvalue weighted by Crippen LogP contribution is -2.14.